The van der Waals surface area contributed by atoms with Crippen LogP contribution in [0.25, 0.3) is 16.6 Å². The molecule has 1 saturated heterocycles. The summed E-state index contributed by atoms with van der Waals surface area (Å²) in [6, 6.07) is 7.23. The summed E-state index contributed by atoms with van der Waals surface area (Å²) in [5.41, 5.74) is 2.48. The lowest BCUT2D eigenvalue weighted by Crippen LogP contribution is -2.28. The Bertz CT molecular complexity index is 880. The Hall–Kier alpha value is -1.56. The molecule has 7 heteroatoms. The van der Waals surface area contributed by atoms with E-state index < -0.39 is 0 Å². The number of fused-ring (bicyclic) bond motifs is 3. The van der Waals surface area contributed by atoms with Crippen LogP contribution in [0, 0.1) is 0 Å². The summed E-state index contributed by atoms with van der Waals surface area (Å²) >= 11 is 6.07. The third kappa shape index (κ3) is 2.49. The van der Waals surface area contributed by atoms with Crippen molar-refractivity contribution < 1.29 is 0 Å². The summed E-state index contributed by atoms with van der Waals surface area (Å²) in [5.74, 6) is 0.362. The maximum absolute atomic E-state index is 12.0. The van der Waals surface area contributed by atoms with Gasteiger partial charge >= 0.3 is 0 Å². The van der Waals surface area contributed by atoms with Crippen molar-refractivity contribution in [3.05, 3.63) is 45.3 Å². The van der Waals surface area contributed by atoms with Gasteiger partial charge in [0, 0.05) is 22.4 Å². The van der Waals surface area contributed by atoms with Crippen LogP contribution in [0.3, 0.4) is 0 Å². The molecular weight excluding hydrogens is 323 g/mol. The number of piperidine rings is 1. The molecule has 5 nitrogen and oxygen atoms in total. The maximum atomic E-state index is 12.0. The smallest absolute Gasteiger partial charge is 0.251 e. The van der Waals surface area contributed by atoms with Crippen molar-refractivity contribution in [1.82, 2.24) is 19.9 Å². The Morgan fingerprint density at radius 3 is 2.77 bits per heavy atom. The van der Waals surface area contributed by atoms with Crippen molar-refractivity contribution in [2.24, 2.45) is 0 Å². The third-order valence-corrected chi connectivity index (χ3v) is 4.39. The number of aromatic nitrogens is 3. The van der Waals surface area contributed by atoms with Gasteiger partial charge in [0.1, 0.15) is 5.65 Å². The Balaban J connectivity index is 0.00000144. The van der Waals surface area contributed by atoms with Crippen LogP contribution in [0.4, 0.5) is 0 Å². The highest BCUT2D eigenvalue weighted by Gasteiger charge is 2.20. The summed E-state index contributed by atoms with van der Waals surface area (Å²) in [6.07, 6.45) is 2.05. The molecule has 116 valence electrons. The molecule has 2 N–H and O–H groups in total. The molecule has 3 heterocycles. The first kappa shape index (κ1) is 15.3. The largest absolute Gasteiger partial charge is 0.317 e. The second-order valence-electron chi connectivity index (χ2n) is 5.50. The van der Waals surface area contributed by atoms with Crippen LogP contribution in [0.1, 0.15) is 24.5 Å². The van der Waals surface area contributed by atoms with E-state index in [1.54, 1.807) is 6.07 Å². The third-order valence-electron chi connectivity index (χ3n) is 4.16. The number of aromatic amines is 1. The summed E-state index contributed by atoms with van der Waals surface area (Å²) in [6.45, 7) is 1.96. The highest BCUT2D eigenvalue weighted by molar-refractivity contribution is 6.31. The van der Waals surface area contributed by atoms with E-state index in [0.29, 0.717) is 10.9 Å². The first-order valence-corrected chi connectivity index (χ1v) is 7.52. The molecule has 1 aliphatic heterocycles. The molecule has 0 aliphatic carbocycles. The lowest BCUT2D eigenvalue weighted by Gasteiger charge is -2.23. The van der Waals surface area contributed by atoms with E-state index in [-0.39, 0.29) is 18.0 Å². The van der Waals surface area contributed by atoms with Crippen LogP contribution in [0.5, 0.6) is 0 Å². The van der Waals surface area contributed by atoms with Gasteiger partial charge in [-0.05, 0) is 44.1 Å². The number of halogens is 2. The van der Waals surface area contributed by atoms with Crippen LogP contribution in [0.2, 0.25) is 5.02 Å². The van der Waals surface area contributed by atoms with E-state index >= 15 is 0 Å². The van der Waals surface area contributed by atoms with Crippen molar-refractivity contribution in [3.63, 3.8) is 0 Å². The van der Waals surface area contributed by atoms with Crippen molar-refractivity contribution >= 4 is 40.6 Å². The van der Waals surface area contributed by atoms with Crippen LogP contribution >= 0.6 is 24.0 Å². The number of H-pyrrole nitrogens is 1. The first-order valence-electron chi connectivity index (χ1n) is 7.14. The highest BCUT2D eigenvalue weighted by Crippen LogP contribution is 2.27. The topological polar surface area (TPSA) is 62.2 Å². The summed E-state index contributed by atoms with van der Waals surface area (Å²) in [7, 11) is 0. The number of benzene rings is 1. The van der Waals surface area contributed by atoms with Gasteiger partial charge in [0.25, 0.3) is 5.56 Å². The molecule has 0 bridgehead atoms. The van der Waals surface area contributed by atoms with E-state index in [9.17, 15) is 4.79 Å². The fourth-order valence-electron chi connectivity index (χ4n) is 3.12. The molecule has 1 fully saturated rings. The standard InChI is InChI=1S/C15H15ClN4O.ClH/c16-10-1-2-12-11(7-10)15-18-14(21)8-13(20(15)19-12)9-3-5-17-6-4-9;/h1-2,7-9,17H,3-6H2,(H,18,21);1H. The van der Waals surface area contributed by atoms with Gasteiger partial charge in [-0.2, -0.15) is 5.10 Å². The van der Waals surface area contributed by atoms with Crippen molar-refractivity contribution in [2.75, 3.05) is 13.1 Å². The molecular formula is C15H16Cl2N4O. The lowest BCUT2D eigenvalue weighted by atomic mass is 9.94. The predicted octanol–water partition coefficient (Wildman–Crippen LogP) is 2.72. The highest BCUT2D eigenvalue weighted by atomic mass is 35.5. The number of nitrogens with one attached hydrogen (secondary N) is 2. The first-order chi connectivity index (χ1) is 10.2. The minimum Gasteiger partial charge on any atom is -0.317 e. The number of hydrogen-bond acceptors (Lipinski definition) is 3. The van der Waals surface area contributed by atoms with Crippen molar-refractivity contribution in [3.8, 4) is 0 Å². The molecule has 1 aromatic carbocycles. The number of nitrogens with zero attached hydrogens (tertiary/aromatic N) is 2. The molecule has 4 rings (SSSR count). The second kappa shape index (κ2) is 5.91. The van der Waals surface area contributed by atoms with Gasteiger partial charge in [0.15, 0.2) is 0 Å². The van der Waals surface area contributed by atoms with Gasteiger partial charge in [-0.25, -0.2) is 4.52 Å². The Labute approximate surface area is 138 Å². The van der Waals surface area contributed by atoms with Crippen molar-refractivity contribution in [1.29, 1.82) is 0 Å². The van der Waals surface area contributed by atoms with Gasteiger partial charge in [0.2, 0.25) is 0 Å². The lowest BCUT2D eigenvalue weighted by molar-refractivity contribution is 0.446. The van der Waals surface area contributed by atoms with Crippen LogP contribution in [-0.2, 0) is 0 Å². The van der Waals surface area contributed by atoms with E-state index in [2.05, 4.69) is 15.4 Å². The Morgan fingerprint density at radius 2 is 2.00 bits per heavy atom. The molecule has 0 unspecified atom stereocenters. The molecule has 0 spiro atoms. The van der Waals surface area contributed by atoms with Gasteiger partial charge < -0.3 is 10.3 Å². The average molecular weight is 339 g/mol. The average Bonchev–Trinajstić information content (AvgIpc) is 2.85. The quantitative estimate of drug-likeness (QED) is 0.717. The molecule has 0 atom stereocenters. The fourth-order valence-corrected chi connectivity index (χ4v) is 3.29. The van der Waals surface area contributed by atoms with E-state index in [4.69, 9.17) is 11.6 Å². The van der Waals surface area contributed by atoms with Crippen molar-refractivity contribution in [2.45, 2.75) is 18.8 Å². The van der Waals surface area contributed by atoms with E-state index in [1.165, 1.54) is 0 Å². The molecule has 22 heavy (non-hydrogen) atoms. The van der Waals surface area contributed by atoms with Gasteiger partial charge in [-0.15, -0.1) is 12.4 Å². The molecule has 0 radical (unpaired) electrons. The maximum Gasteiger partial charge on any atom is 0.251 e. The Kier molecular flexibility index (Phi) is 4.12. The van der Waals surface area contributed by atoms with Crippen LogP contribution in [-0.4, -0.2) is 27.7 Å². The van der Waals surface area contributed by atoms with Gasteiger partial charge in [0.05, 0.1) is 11.2 Å². The normalized spacial score (nSPS) is 16.0. The molecule has 0 saturated carbocycles. The fraction of sp³-hybridized carbons (Fsp3) is 0.333. The number of rotatable bonds is 1. The van der Waals surface area contributed by atoms with Gasteiger partial charge in [-0.3, -0.25) is 4.79 Å². The van der Waals surface area contributed by atoms with Crippen LogP contribution < -0.4 is 10.9 Å². The predicted molar refractivity (Wildman–Crippen MR) is 90.4 cm³/mol. The number of hydrogen-bond donors (Lipinski definition) is 2. The molecule has 1 aliphatic rings. The van der Waals surface area contributed by atoms with Gasteiger partial charge in [-0.1, -0.05) is 11.6 Å². The van der Waals surface area contributed by atoms with E-state index in [1.807, 2.05) is 22.7 Å². The summed E-state index contributed by atoms with van der Waals surface area (Å²) in [4.78, 5) is 14.9. The molecule has 0 amide bonds. The summed E-state index contributed by atoms with van der Waals surface area (Å²) < 4.78 is 1.87. The minimum atomic E-state index is -0.0854. The van der Waals surface area contributed by atoms with Crippen LogP contribution in [0.15, 0.2) is 29.1 Å². The Morgan fingerprint density at radius 1 is 1.23 bits per heavy atom. The second-order valence-corrected chi connectivity index (χ2v) is 5.94. The monoisotopic (exact) mass is 338 g/mol. The zero-order valence-electron chi connectivity index (χ0n) is 11.8. The van der Waals surface area contributed by atoms with E-state index in [0.717, 1.165) is 48.2 Å². The SMILES string of the molecule is Cl.O=c1cc(C2CCNCC2)n2nc3ccc(Cl)cc3c2[nH]1. The molecule has 2 aromatic heterocycles. The summed E-state index contributed by atoms with van der Waals surface area (Å²) in [5, 5.41) is 9.52. The zero-order valence-corrected chi connectivity index (χ0v) is 13.4. The molecule has 3 aromatic rings. The zero-order chi connectivity index (χ0) is 14.4. The minimum absolute atomic E-state index is 0.